The lowest BCUT2D eigenvalue weighted by molar-refractivity contribution is 0.102. The number of hydrogen-bond donors (Lipinski definition) is 3. The maximum atomic E-state index is 12.5. The van der Waals surface area contributed by atoms with Gasteiger partial charge in [-0.2, -0.15) is 5.26 Å². The van der Waals surface area contributed by atoms with E-state index >= 15 is 0 Å². The van der Waals surface area contributed by atoms with Crippen LogP contribution in [0.25, 0.3) is 10.9 Å². The number of aryl methyl sites for hydroxylation is 1. The Morgan fingerprint density at radius 2 is 2.07 bits per heavy atom. The highest BCUT2D eigenvalue weighted by Crippen LogP contribution is 2.31. The van der Waals surface area contributed by atoms with Crippen molar-refractivity contribution in [1.82, 2.24) is 10.3 Å². The first kappa shape index (κ1) is 17.3. The molecule has 1 unspecified atom stereocenters. The van der Waals surface area contributed by atoms with Gasteiger partial charge < -0.3 is 15.6 Å². The van der Waals surface area contributed by atoms with Gasteiger partial charge in [-0.15, -0.1) is 0 Å². The molecule has 27 heavy (non-hydrogen) atoms. The van der Waals surface area contributed by atoms with E-state index in [0.717, 1.165) is 37.0 Å². The third-order valence-corrected chi connectivity index (χ3v) is 5.21. The molecule has 1 aliphatic carbocycles. The van der Waals surface area contributed by atoms with Crippen molar-refractivity contribution in [1.29, 1.82) is 5.26 Å². The molecular weight excluding hydrogens is 336 g/mol. The number of hydrogen-bond acceptors (Lipinski definition) is 3. The van der Waals surface area contributed by atoms with Crippen molar-refractivity contribution in [2.75, 3.05) is 11.9 Å². The molecule has 0 fully saturated rings. The Morgan fingerprint density at radius 3 is 2.81 bits per heavy atom. The maximum absolute atomic E-state index is 12.5. The normalized spacial score (nSPS) is 15.9. The first-order chi connectivity index (χ1) is 13.2. The number of aromatic nitrogens is 1. The summed E-state index contributed by atoms with van der Waals surface area (Å²) in [7, 11) is 0. The zero-order chi connectivity index (χ0) is 18.8. The Hall–Kier alpha value is -3.10. The van der Waals surface area contributed by atoms with Crippen LogP contribution in [0.5, 0.6) is 0 Å². The Labute approximate surface area is 158 Å². The molecular formula is C22H22N4O. The van der Waals surface area contributed by atoms with Gasteiger partial charge in [-0.25, -0.2) is 0 Å². The van der Waals surface area contributed by atoms with Crippen LogP contribution in [0, 0.1) is 11.3 Å². The lowest BCUT2D eigenvalue weighted by Crippen LogP contribution is -2.34. The summed E-state index contributed by atoms with van der Waals surface area (Å²) in [4.78, 5) is 16.0. The number of H-pyrrole nitrogens is 1. The second kappa shape index (κ2) is 7.26. The van der Waals surface area contributed by atoms with E-state index in [-0.39, 0.29) is 5.91 Å². The molecule has 1 amide bonds. The van der Waals surface area contributed by atoms with Crippen LogP contribution >= 0.6 is 0 Å². The zero-order valence-electron chi connectivity index (χ0n) is 15.3. The first-order valence-corrected chi connectivity index (χ1v) is 9.36. The minimum atomic E-state index is -0.172. The van der Waals surface area contributed by atoms with Gasteiger partial charge >= 0.3 is 0 Å². The smallest absolute Gasteiger partial charge is 0.255 e. The van der Waals surface area contributed by atoms with Crippen molar-refractivity contribution >= 4 is 22.5 Å². The number of carbonyl (C=O) groups excluding carboxylic acids is 1. The lowest BCUT2D eigenvalue weighted by atomic mass is 9.91. The van der Waals surface area contributed by atoms with Crippen LogP contribution in [-0.2, 0) is 12.8 Å². The van der Waals surface area contributed by atoms with Crippen LogP contribution in [0.3, 0.4) is 0 Å². The van der Waals surface area contributed by atoms with Crippen molar-refractivity contribution < 1.29 is 4.79 Å². The summed E-state index contributed by atoms with van der Waals surface area (Å²) in [5.41, 5.74) is 5.66. The van der Waals surface area contributed by atoms with Gasteiger partial charge in [-0.3, -0.25) is 4.79 Å². The number of aromatic amines is 1. The predicted octanol–water partition coefficient (Wildman–Crippen LogP) is 3.76. The Balaban J connectivity index is 1.58. The number of benzene rings is 2. The number of fused-ring (bicyclic) bond motifs is 3. The fraction of sp³-hybridized carbons (Fsp3) is 0.273. The summed E-state index contributed by atoms with van der Waals surface area (Å²) in [6.07, 6.45) is 3.21. The molecule has 1 aliphatic rings. The minimum Gasteiger partial charge on any atom is -0.358 e. The number of likely N-dealkylation sites (N-methyl/N-ethyl adjacent to an activating group) is 1. The number of amides is 1. The summed E-state index contributed by atoms with van der Waals surface area (Å²) in [6, 6.07) is 15.2. The van der Waals surface area contributed by atoms with Crippen LogP contribution in [0.4, 0.5) is 5.69 Å². The van der Waals surface area contributed by atoms with Gasteiger partial charge in [0, 0.05) is 33.9 Å². The fourth-order valence-corrected chi connectivity index (χ4v) is 3.86. The van der Waals surface area contributed by atoms with E-state index in [2.05, 4.69) is 34.7 Å². The number of anilines is 1. The topological polar surface area (TPSA) is 80.7 Å². The molecule has 1 atom stereocenters. The summed E-state index contributed by atoms with van der Waals surface area (Å²) < 4.78 is 0. The van der Waals surface area contributed by atoms with Gasteiger partial charge in [0.1, 0.15) is 0 Å². The Bertz CT molecular complexity index is 1030. The van der Waals surface area contributed by atoms with Crippen molar-refractivity contribution in [2.45, 2.75) is 32.2 Å². The highest BCUT2D eigenvalue weighted by atomic mass is 16.1. The summed E-state index contributed by atoms with van der Waals surface area (Å²) in [6.45, 7) is 3.12. The third kappa shape index (κ3) is 3.44. The average Bonchev–Trinajstić information content (AvgIpc) is 3.06. The molecule has 0 aliphatic heterocycles. The van der Waals surface area contributed by atoms with Crippen molar-refractivity contribution in [2.24, 2.45) is 0 Å². The van der Waals surface area contributed by atoms with Gasteiger partial charge in [0.2, 0.25) is 0 Å². The molecule has 5 heteroatoms. The van der Waals surface area contributed by atoms with Gasteiger partial charge in [-0.1, -0.05) is 6.92 Å². The van der Waals surface area contributed by atoms with E-state index in [4.69, 9.17) is 5.26 Å². The summed E-state index contributed by atoms with van der Waals surface area (Å²) >= 11 is 0. The molecule has 136 valence electrons. The molecule has 0 bridgehead atoms. The van der Waals surface area contributed by atoms with E-state index in [9.17, 15) is 4.79 Å². The van der Waals surface area contributed by atoms with Crippen LogP contribution in [0.1, 0.15) is 40.5 Å². The average molecular weight is 358 g/mol. The monoisotopic (exact) mass is 358 g/mol. The molecule has 3 aromatic rings. The van der Waals surface area contributed by atoms with Crippen molar-refractivity contribution in [3.63, 3.8) is 0 Å². The molecule has 0 spiro atoms. The van der Waals surface area contributed by atoms with Gasteiger partial charge in [0.15, 0.2) is 0 Å². The number of nitrogens with zero attached hydrogens (tertiary/aromatic N) is 1. The van der Waals surface area contributed by atoms with E-state index in [1.165, 1.54) is 16.6 Å². The van der Waals surface area contributed by atoms with Crippen LogP contribution < -0.4 is 10.6 Å². The Morgan fingerprint density at radius 1 is 1.26 bits per heavy atom. The standard InChI is InChI=1S/C22H22N4O/c1-2-24-16-7-9-20-18(11-16)19-12-17(8-10-21(19)26-20)25-22(27)15-5-3-14(13-23)4-6-15/h3-6,8,10,12,16,24,26H,2,7,9,11H2,1H3,(H,25,27). The molecule has 3 N–H and O–H groups in total. The van der Waals surface area contributed by atoms with Crippen molar-refractivity contribution in [3.05, 3.63) is 64.8 Å². The molecule has 2 aromatic carbocycles. The lowest BCUT2D eigenvalue weighted by Gasteiger charge is -2.23. The summed E-state index contributed by atoms with van der Waals surface area (Å²) in [5.74, 6) is -0.172. The quantitative estimate of drug-likeness (QED) is 0.664. The third-order valence-electron chi connectivity index (χ3n) is 5.21. The molecule has 4 rings (SSSR count). The van der Waals surface area contributed by atoms with Crippen LogP contribution in [-0.4, -0.2) is 23.5 Å². The molecule has 1 heterocycles. The highest BCUT2D eigenvalue weighted by Gasteiger charge is 2.22. The van der Waals surface area contributed by atoms with E-state index in [0.29, 0.717) is 17.2 Å². The SMILES string of the molecule is CCNC1CCc2[nH]c3ccc(NC(=O)c4ccc(C#N)cc4)cc3c2C1. The maximum Gasteiger partial charge on any atom is 0.255 e. The minimum absolute atomic E-state index is 0.172. The molecule has 1 aromatic heterocycles. The molecule has 5 nitrogen and oxygen atoms in total. The van der Waals surface area contributed by atoms with E-state index in [1.54, 1.807) is 24.3 Å². The van der Waals surface area contributed by atoms with Gasteiger partial charge in [0.25, 0.3) is 5.91 Å². The number of nitriles is 1. The van der Waals surface area contributed by atoms with Crippen LogP contribution in [0.2, 0.25) is 0 Å². The number of carbonyl (C=O) groups is 1. The largest absolute Gasteiger partial charge is 0.358 e. The van der Waals surface area contributed by atoms with Gasteiger partial charge in [0.05, 0.1) is 11.6 Å². The molecule has 0 saturated heterocycles. The van der Waals surface area contributed by atoms with Gasteiger partial charge in [-0.05, 0) is 73.8 Å². The number of rotatable bonds is 4. The van der Waals surface area contributed by atoms with E-state index in [1.807, 2.05) is 12.1 Å². The second-order valence-corrected chi connectivity index (χ2v) is 6.98. The first-order valence-electron chi connectivity index (χ1n) is 9.36. The Kier molecular flexibility index (Phi) is 4.66. The van der Waals surface area contributed by atoms with E-state index < -0.39 is 0 Å². The molecule has 0 radical (unpaired) electrons. The summed E-state index contributed by atoms with van der Waals surface area (Å²) in [5, 5.41) is 16.6. The highest BCUT2D eigenvalue weighted by molar-refractivity contribution is 6.05. The van der Waals surface area contributed by atoms with Crippen LogP contribution in [0.15, 0.2) is 42.5 Å². The molecule has 0 saturated carbocycles. The van der Waals surface area contributed by atoms with Crippen molar-refractivity contribution in [3.8, 4) is 6.07 Å². The second-order valence-electron chi connectivity index (χ2n) is 6.98. The predicted molar refractivity (Wildman–Crippen MR) is 107 cm³/mol. The number of nitrogens with one attached hydrogen (secondary N) is 3. The zero-order valence-corrected chi connectivity index (χ0v) is 15.3. The fourth-order valence-electron chi connectivity index (χ4n) is 3.86.